The van der Waals surface area contributed by atoms with E-state index in [2.05, 4.69) is 19.2 Å². The fourth-order valence-electron chi connectivity index (χ4n) is 1.88. The lowest BCUT2D eigenvalue weighted by molar-refractivity contribution is 0.446. The van der Waals surface area contributed by atoms with E-state index in [0.29, 0.717) is 17.0 Å². The number of rotatable bonds is 5. The molecule has 0 heterocycles. The second-order valence-electron chi connectivity index (χ2n) is 4.94. The minimum absolute atomic E-state index is 0.118. The van der Waals surface area contributed by atoms with Crippen molar-refractivity contribution in [3.8, 4) is 0 Å². The van der Waals surface area contributed by atoms with Crippen molar-refractivity contribution < 1.29 is 8.78 Å². The zero-order valence-electron chi connectivity index (χ0n) is 11.0. The Labute approximate surface area is 102 Å². The van der Waals surface area contributed by atoms with E-state index >= 15 is 0 Å². The molecule has 1 atom stereocenters. The molecule has 96 valence electrons. The Kier molecular flexibility index (Phi) is 5.06. The van der Waals surface area contributed by atoms with Gasteiger partial charge in [-0.2, -0.15) is 0 Å². The lowest BCUT2D eigenvalue weighted by Crippen LogP contribution is -2.18. The number of hydrogen-bond donors (Lipinski definition) is 1. The van der Waals surface area contributed by atoms with E-state index in [4.69, 9.17) is 0 Å². The van der Waals surface area contributed by atoms with Crippen LogP contribution in [0.15, 0.2) is 12.1 Å². The van der Waals surface area contributed by atoms with E-state index in [1.54, 1.807) is 14.0 Å². The molecule has 1 N–H and O–H groups in total. The van der Waals surface area contributed by atoms with Gasteiger partial charge in [0.25, 0.3) is 0 Å². The highest BCUT2D eigenvalue weighted by molar-refractivity contribution is 5.27. The molecule has 0 aromatic heterocycles. The summed E-state index contributed by atoms with van der Waals surface area (Å²) in [5.74, 6) is -0.109. The maximum Gasteiger partial charge on any atom is 0.128 e. The lowest BCUT2D eigenvalue weighted by atomic mass is 9.96. The summed E-state index contributed by atoms with van der Waals surface area (Å²) in [5.41, 5.74) is 0.779. The van der Waals surface area contributed by atoms with Gasteiger partial charge in [0.15, 0.2) is 0 Å². The van der Waals surface area contributed by atoms with Gasteiger partial charge in [-0.3, -0.25) is 0 Å². The Morgan fingerprint density at radius 2 is 1.76 bits per heavy atom. The smallest absolute Gasteiger partial charge is 0.128 e. The second kappa shape index (κ2) is 6.10. The number of nitrogens with one attached hydrogen (secondary N) is 1. The summed E-state index contributed by atoms with van der Waals surface area (Å²) in [7, 11) is 1.78. The third kappa shape index (κ3) is 3.77. The first-order chi connectivity index (χ1) is 7.95. The normalized spacial score (nSPS) is 13.1. The van der Waals surface area contributed by atoms with Crippen molar-refractivity contribution in [2.75, 3.05) is 7.05 Å². The van der Waals surface area contributed by atoms with E-state index in [9.17, 15) is 8.78 Å². The van der Waals surface area contributed by atoms with Crippen LogP contribution in [0.2, 0.25) is 0 Å². The lowest BCUT2D eigenvalue weighted by Gasteiger charge is -2.19. The zero-order chi connectivity index (χ0) is 13.0. The van der Waals surface area contributed by atoms with Crippen LogP contribution in [0, 0.1) is 24.5 Å². The number of benzene rings is 1. The van der Waals surface area contributed by atoms with Crippen LogP contribution in [0.4, 0.5) is 8.78 Å². The predicted molar refractivity (Wildman–Crippen MR) is 67.0 cm³/mol. The number of aryl methyl sites for hydroxylation is 1. The van der Waals surface area contributed by atoms with E-state index in [-0.39, 0.29) is 17.7 Å². The molecule has 1 rings (SSSR count). The molecule has 0 bridgehead atoms. The summed E-state index contributed by atoms with van der Waals surface area (Å²) in [6, 6.07) is 2.46. The van der Waals surface area contributed by atoms with Crippen molar-refractivity contribution in [1.29, 1.82) is 0 Å². The van der Waals surface area contributed by atoms with Crippen molar-refractivity contribution >= 4 is 0 Å². The van der Waals surface area contributed by atoms with Crippen molar-refractivity contribution in [3.05, 3.63) is 34.9 Å². The first-order valence-corrected chi connectivity index (χ1v) is 6.08. The summed E-state index contributed by atoms with van der Waals surface area (Å²) in [4.78, 5) is 0. The molecule has 0 aliphatic carbocycles. The van der Waals surface area contributed by atoms with Crippen LogP contribution in [0.1, 0.15) is 43.9 Å². The van der Waals surface area contributed by atoms with Gasteiger partial charge in [0.2, 0.25) is 0 Å². The van der Waals surface area contributed by atoms with E-state index < -0.39 is 0 Å². The first kappa shape index (κ1) is 14.1. The highest BCUT2D eigenvalue weighted by Crippen LogP contribution is 2.25. The van der Waals surface area contributed by atoms with Crippen LogP contribution in [0.5, 0.6) is 0 Å². The SMILES string of the molecule is CNC(CCC(C)C)c1cc(F)c(C)cc1F. The summed E-state index contributed by atoms with van der Waals surface area (Å²) in [5, 5.41) is 3.05. The molecule has 0 spiro atoms. The summed E-state index contributed by atoms with van der Waals surface area (Å²) in [6.45, 7) is 5.82. The first-order valence-electron chi connectivity index (χ1n) is 6.08. The van der Waals surface area contributed by atoms with Gasteiger partial charge in [-0.05, 0) is 50.4 Å². The van der Waals surface area contributed by atoms with E-state index in [0.717, 1.165) is 12.8 Å². The minimum Gasteiger partial charge on any atom is -0.313 e. The molecular weight excluding hydrogens is 220 g/mol. The maximum atomic E-state index is 13.8. The van der Waals surface area contributed by atoms with Gasteiger partial charge in [0.1, 0.15) is 11.6 Å². The molecule has 0 aliphatic rings. The van der Waals surface area contributed by atoms with Gasteiger partial charge in [0, 0.05) is 11.6 Å². The topological polar surface area (TPSA) is 12.0 Å². The summed E-state index contributed by atoms with van der Waals surface area (Å²) >= 11 is 0. The molecule has 0 saturated carbocycles. The molecular formula is C14H21F2N. The van der Waals surface area contributed by atoms with Gasteiger partial charge in [-0.25, -0.2) is 8.78 Å². The van der Waals surface area contributed by atoms with Crippen LogP contribution in [-0.2, 0) is 0 Å². The number of halogens is 2. The minimum atomic E-state index is -0.341. The Hall–Kier alpha value is -0.960. The molecule has 1 nitrogen and oxygen atoms in total. The van der Waals surface area contributed by atoms with Gasteiger partial charge in [-0.15, -0.1) is 0 Å². The zero-order valence-corrected chi connectivity index (χ0v) is 11.0. The predicted octanol–water partition coefficient (Wildman–Crippen LogP) is 3.97. The van der Waals surface area contributed by atoms with Gasteiger partial charge in [-0.1, -0.05) is 13.8 Å². The fourth-order valence-corrected chi connectivity index (χ4v) is 1.88. The molecule has 1 aromatic carbocycles. The molecule has 1 unspecified atom stereocenters. The van der Waals surface area contributed by atoms with Crippen LogP contribution in [0.25, 0.3) is 0 Å². The average Bonchev–Trinajstić information content (AvgIpc) is 2.25. The van der Waals surface area contributed by atoms with E-state index in [1.165, 1.54) is 12.1 Å². The summed E-state index contributed by atoms with van der Waals surface area (Å²) in [6.07, 6.45) is 1.80. The Morgan fingerprint density at radius 1 is 1.12 bits per heavy atom. The third-order valence-electron chi connectivity index (χ3n) is 3.03. The maximum absolute atomic E-state index is 13.8. The molecule has 17 heavy (non-hydrogen) atoms. The van der Waals surface area contributed by atoms with Crippen molar-refractivity contribution in [2.24, 2.45) is 5.92 Å². The molecule has 0 radical (unpaired) electrons. The van der Waals surface area contributed by atoms with Crippen LogP contribution in [0.3, 0.4) is 0 Å². The van der Waals surface area contributed by atoms with Crippen LogP contribution in [-0.4, -0.2) is 7.05 Å². The average molecular weight is 241 g/mol. The third-order valence-corrected chi connectivity index (χ3v) is 3.03. The summed E-state index contributed by atoms with van der Waals surface area (Å²) < 4.78 is 27.2. The second-order valence-corrected chi connectivity index (χ2v) is 4.94. The largest absolute Gasteiger partial charge is 0.313 e. The molecule has 0 saturated heterocycles. The molecule has 0 aliphatic heterocycles. The number of hydrogen-bond acceptors (Lipinski definition) is 1. The van der Waals surface area contributed by atoms with Crippen molar-refractivity contribution in [2.45, 2.75) is 39.7 Å². The quantitative estimate of drug-likeness (QED) is 0.822. The molecule has 0 fully saturated rings. The van der Waals surface area contributed by atoms with Gasteiger partial charge < -0.3 is 5.32 Å². The molecule has 3 heteroatoms. The Balaban J connectivity index is 2.91. The molecule has 0 amide bonds. The van der Waals surface area contributed by atoms with Gasteiger partial charge in [0.05, 0.1) is 0 Å². The Morgan fingerprint density at radius 3 is 2.29 bits per heavy atom. The van der Waals surface area contributed by atoms with Gasteiger partial charge >= 0.3 is 0 Å². The van der Waals surface area contributed by atoms with Crippen LogP contribution >= 0.6 is 0 Å². The molecule has 1 aromatic rings. The highest BCUT2D eigenvalue weighted by Gasteiger charge is 2.16. The monoisotopic (exact) mass is 241 g/mol. The Bertz CT molecular complexity index is 375. The highest BCUT2D eigenvalue weighted by atomic mass is 19.1. The van der Waals surface area contributed by atoms with Crippen LogP contribution < -0.4 is 5.32 Å². The van der Waals surface area contributed by atoms with Crippen molar-refractivity contribution in [1.82, 2.24) is 5.32 Å². The van der Waals surface area contributed by atoms with Crippen molar-refractivity contribution in [3.63, 3.8) is 0 Å². The standard InChI is InChI=1S/C14H21F2N/c1-9(2)5-6-14(17-4)11-8-12(15)10(3)7-13(11)16/h7-9,14,17H,5-6H2,1-4H3. The fraction of sp³-hybridized carbons (Fsp3) is 0.571. The van der Waals surface area contributed by atoms with E-state index in [1.807, 2.05) is 0 Å².